The molecule has 0 aromatic rings. The summed E-state index contributed by atoms with van der Waals surface area (Å²) in [6.45, 7) is 1.28. The molecule has 0 rings (SSSR count). The number of phosphoric ester groups is 1. The van der Waals surface area contributed by atoms with Crippen molar-refractivity contribution in [3.05, 3.63) is 0 Å². The number of likely N-dealkylation sites (N-methyl/N-ethyl adjacent to an activating group) is 1. The summed E-state index contributed by atoms with van der Waals surface area (Å²) < 4.78 is 21.5. The molecule has 0 saturated carbocycles. The van der Waals surface area contributed by atoms with E-state index in [1.54, 1.807) is 0 Å². The van der Waals surface area contributed by atoms with E-state index in [1.165, 1.54) is 0 Å². The molecule has 3 unspecified atom stereocenters. The molecular formula is C10H24NO6P. The van der Waals surface area contributed by atoms with E-state index in [2.05, 4.69) is 4.52 Å². The third-order valence-electron chi connectivity index (χ3n) is 2.12. The fraction of sp³-hybridized carbons (Fsp3) is 1.00. The summed E-state index contributed by atoms with van der Waals surface area (Å²) in [5, 5.41) is 17.6. The Labute approximate surface area is 108 Å². The number of rotatable bonds is 9. The molecular weight excluding hydrogens is 261 g/mol. The molecule has 0 bridgehead atoms. The van der Waals surface area contributed by atoms with Crippen molar-refractivity contribution in [1.82, 2.24) is 0 Å². The molecule has 0 spiro atoms. The maximum atomic E-state index is 11.5. The molecule has 0 radical (unpaired) electrons. The quantitative estimate of drug-likeness (QED) is 0.430. The van der Waals surface area contributed by atoms with Crippen molar-refractivity contribution in [3.8, 4) is 0 Å². The molecule has 0 aromatic carbocycles. The molecule has 0 amide bonds. The summed E-state index contributed by atoms with van der Waals surface area (Å²) in [6, 6.07) is 0. The smallest absolute Gasteiger partial charge is 0.268 e. The Kier molecular flexibility index (Phi) is 7.54. The van der Waals surface area contributed by atoms with E-state index in [-0.39, 0.29) is 0 Å². The Morgan fingerprint density at radius 1 is 1.39 bits per heavy atom. The number of hydrogen-bond donors (Lipinski definition) is 2. The lowest BCUT2D eigenvalue weighted by atomic mass is 10.2. The van der Waals surface area contributed by atoms with Gasteiger partial charge in [-0.1, -0.05) is 6.92 Å². The molecule has 110 valence electrons. The van der Waals surface area contributed by atoms with Crippen molar-refractivity contribution < 1.29 is 33.2 Å². The van der Waals surface area contributed by atoms with Crippen LogP contribution in [-0.2, 0) is 13.6 Å². The predicted molar refractivity (Wildman–Crippen MR) is 64.7 cm³/mol. The standard InChI is InChI=1S/C10H24NO6P/c1-5-10(6-11(2,3)4)17-18(14,15)16-8-9(13)7-12/h9-10,12-13H,5-8H2,1-4H3. The van der Waals surface area contributed by atoms with Gasteiger partial charge in [0.25, 0.3) is 7.82 Å². The van der Waals surface area contributed by atoms with E-state index in [0.717, 1.165) is 0 Å². The zero-order valence-electron chi connectivity index (χ0n) is 11.4. The monoisotopic (exact) mass is 285 g/mol. The number of quaternary nitrogens is 1. The summed E-state index contributed by atoms with van der Waals surface area (Å²) in [6.07, 6.45) is -1.16. The van der Waals surface area contributed by atoms with E-state index in [0.29, 0.717) is 17.4 Å². The minimum Gasteiger partial charge on any atom is -0.756 e. The number of hydrogen-bond acceptors (Lipinski definition) is 6. The number of nitrogens with zero attached hydrogens (tertiary/aromatic N) is 1. The van der Waals surface area contributed by atoms with Gasteiger partial charge in [0.15, 0.2) is 0 Å². The number of aliphatic hydroxyl groups excluding tert-OH is 2. The molecule has 8 heteroatoms. The summed E-state index contributed by atoms with van der Waals surface area (Å²) in [5.41, 5.74) is 0. The third-order valence-corrected chi connectivity index (χ3v) is 3.14. The normalized spacial score (nSPS) is 19.3. The number of aliphatic hydroxyl groups is 2. The van der Waals surface area contributed by atoms with E-state index in [9.17, 15) is 9.46 Å². The second kappa shape index (κ2) is 7.55. The number of phosphoric acid groups is 1. The molecule has 0 aliphatic carbocycles. The van der Waals surface area contributed by atoms with Gasteiger partial charge < -0.3 is 28.6 Å². The highest BCUT2D eigenvalue weighted by Gasteiger charge is 2.23. The molecule has 0 aliphatic rings. The second-order valence-electron chi connectivity index (χ2n) is 5.19. The Balaban J connectivity index is 4.31. The van der Waals surface area contributed by atoms with Crippen molar-refractivity contribution in [2.45, 2.75) is 25.6 Å². The second-order valence-corrected chi connectivity index (χ2v) is 6.55. The van der Waals surface area contributed by atoms with E-state index < -0.39 is 33.2 Å². The highest BCUT2D eigenvalue weighted by Crippen LogP contribution is 2.40. The maximum absolute atomic E-state index is 11.5. The zero-order valence-corrected chi connectivity index (χ0v) is 12.3. The minimum absolute atomic E-state index is 0.473. The average molecular weight is 285 g/mol. The predicted octanol–water partition coefficient (Wildman–Crippen LogP) is -0.674. The molecule has 18 heavy (non-hydrogen) atoms. The molecule has 0 heterocycles. The van der Waals surface area contributed by atoms with Crippen molar-refractivity contribution in [3.63, 3.8) is 0 Å². The van der Waals surface area contributed by atoms with Gasteiger partial charge in [-0.05, 0) is 6.42 Å². The summed E-state index contributed by atoms with van der Waals surface area (Å²) in [7, 11) is 1.34. The van der Waals surface area contributed by atoms with Crippen LogP contribution in [0.3, 0.4) is 0 Å². The average Bonchev–Trinajstić information content (AvgIpc) is 2.22. The van der Waals surface area contributed by atoms with Gasteiger partial charge in [0.1, 0.15) is 18.8 Å². The van der Waals surface area contributed by atoms with Crippen molar-refractivity contribution in [1.29, 1.82) is 0 Å². The summed E-state index contributed by atoms with van der Waals surface area (Å²) >= 11 is 0. The highest BCUT2D eigenvalue weighted by atomic mass is 31.2. The first-order chi connectivity index (χ1) is 8.09. The van der Waals surface area contributed by atoms with Crippen LogP contribution < -0.4 is 4.89 Å². The van der Waals surface area contributed by atoms with Gasteiger partial charge in [0.05, 0.1) is 34.4 Å². The molecule has 0 saturated heterocycles. The fourth-order valence-corrected chi connectivity index (χ4v) is 2.29. The maximum Gasteiger partial charge on any atom is 0.268 e. The molecule has 3 atom stereocenters. The van der Waals surface area contributed by atoms with Gasteiger partial charge in [0.2, 0.25) is 0 Å². The van der Waals surface area contributed by atoms with Crippen LogP contribution in [0, 0.1) is 0 Å². The van der Waals surface area contributed by atoms with Crippen molar-refractivity contribution in [2.24, 2.45) is 0 Å². The lowest BCUT2D eigenvalue weighted by Gasteiger charge is -2.32. The van der Waals surface area contributed by atoms with Gasteiger partial charge in [-0.3, -0.25) is 4.57 Å². The highest BCUT2D eigenvalue weighted by molar-refractivity contribution is 7.45. The summed E-state index contributed by atoms with van der Waals surface area (Å²) in [5.74, 6) is 0. The Bertz CT molecular complexity index is 280. The molecule has 7 nitrogen and oxygen atoms in total. The zero-order chi connectivity index (χ0) is 14.4. The van der Waals surface area contributed by atoms with Crippen LogP contribution in [0.5, 0.6) is 0 Å². The van der Waals surface area contributed by atoms with E-state index in [1.807, 2.05) is 28.1 Å². The topological polar surface area (TPSA) is 99.1 Å². The van der Waals surface area contributed by atoms with Crippen LogP contribution in [0.25, 0.3) is 0 Å². The minimum atomic E-state index is -4.45. The molecule has 0 aliphatic heterocycles. The van der Waals surface area contributed by atoms with Gasteiger partial charge >= 0.3 is 0 Å². The van der Waals surface area contributed by atoms with Gasteiger partial charge in [-0.25, -0.2) is 0 Å². The summed E-state index contributed by atoms with van der Waals surface area (Å²) in [4.78, 5) is 11.5. The van der Waals surface area contributed by atoms with Gasteiger partial charge in [-0.2, -0.15) is 0 Å². The van der Waals surface area contributed by atoms with E-state index >= 15 is 0 Å². The third kappa shape index (κ3) is 8.99. The largest absolute Gasteiger partial charge is 0.756 e. The first-order valence-electron chi connectivity index (χ1n) is 5.83. The van der Waals surface area contributed by atoms with Crippen LogP contribution in [0.1, 0.15) is 13.3 Å². The first-order valence-corrected chi connectivity index (χ1v) is 7.29. The van der Waals surface area contributed by atoms with Crippen molar-refractivity contribution >= 4 is 7.82 Å². The van der Waals surface area contributed by atoms with Gasteiger partial charge in [-0.15, -0.1) is 0 Å². The lowest BCUT2D eigenvalue weighted by Crippen LogP contribution is -2.42. The van der Waals surface area contributed by atoms with E-state index in [4.69, 9.17) is 14.7 Å². The SMILES string of the molecule is CCC(C[N+](C)(C)C)OP(=O)([O-])OCC(O)CO. The lowest BCUT2D eigenvalue weighted by molar-refractivity contribution is -0.873. The van der Waals surface area contributed by atoms with Crippen LogP contribution in [-0.4, -0.2) is 67.8 Å². The Hall–Kier alpha value is -0.0100. The molecule has 0 aromatic heterocycles. The molecule has 2 N–H and O–H groups in total. The van der Waals surface area contributed by atoms with Crippen LogP contribution >= 0.6 is 7.82 Å². The van der Waals surface area contributed by atoms with Crippen LogP contribution in [0.4, 0.5) is 0 Å². The first kappa shape index (κ1) is 18.0. The van der Waals surface area contributed by atoms with Gasteiger partial charge in [0, 0.05) is 0 Å². The Morgan fingerprint density at radius 3 is 2.33 bits per heavy atom. The molecule has 0 fully saturated rings. The van der Waals surface area contributed by atoms with Crippen LogP contribution in [0.2, 0.25) is 0 Å². The Morgan fingerprint density at radius 2 is 1.94 bits per heavy atom. The fourth-order valence-electron chi connectivity index (χ4n) is 1.29. The van der Waals surface area contributed by atoms with Crippen LogP contribution in [0.15, 0.2) is 0 Å². The van der Waals surface area contributed by atoms with Crippen molar-refractivity contribution in [2.75, 3.05) is 40.9 Å².